The average Bonchev–Trinajstić information content (AvgIpc) is 2.78. The fraction of sp³-hybridized carbons (Fsp3) is 0.333. The standard InChI is InChI=1S/C15H18N2O4/c1-8(13-9(2)17-21-10(13)3)16-15(19)11-6-5-7-12(20-4)14(11)18/h5-8,18H,1-4H3,(H,16,19). The molecule has 1 aromatic carbocycles. The molecule has 0 spiro atoms. The molecule has 1 amide bonds. The van der Waals surface area contributed by atoms with Crippen LogP contribution in [0.15, 0.2) is 22.7 Å². The molecule has 2 rings (SSSR count). The number of para-hydroxylation sites is 1. The molecule has 1 atom stereocenters. The van der Waals surface area contributed by atoms with E-state index < -0.39 is 0 Å². The molecular formula is C15H18N2O4. The van der Waals surface area contributed by atoms with Crippen LogP contribution in [0, 0.1) is 13.8 Å². The maximum absolute atomic E-state index is 12.3. The van der Waals surface area contributed by atoms with Crippen LogP contribution in [0.1, 0.15) is 40.3 Å². The Balaban J connectivity index is 2.23. The van der Waals surface area contributed by atoms with Crippen LogP contribution in [0.5, 0.6) is 11.5 Å². The Labute approximate surface area is 122 Å². The quantitative estimate of drug-likeness (QED) is 0.903. The van der Waals surface area contributed by atoms with E-state index in [-0.39, 0.29) is 29.0 Å². The van der Waals surface area contributed by atoms with Gasteiger partial charge in [0, 0.05) is 5.56 Å². The number of ether oxygens (including phenoxy) is 1. The summed E-state index contributed by atoms with van der Waals surface area (Å²) in [4.78, 5) is 12.3. The highest BCUT2D eigenvalue weighted by molar-refractivity contribution is 5.97. The van der Waals surface area contributed by atoms with Crippen LogP contribution in [0.25, 0.3) is 0 Å². The second kappa shape index (κ2) is 5.87. The van der Waals surface area contributed by atoms with E-state index in [1.54, 1.807) is 19.1 Å². The maximum atomic E-state index is 12.3. The van der Waals surface area contributed by atoms with Crippen LogP contribution in [0.2, 0.25) is 0 Å². The second-order valence-electron chi connectivity index (χ2n) is 4.79. The van der Waals surface area contributed by atoms with Gasteiger partial charge in [0.1, 0.15) is 5.76 Å². The van der Waals surface area contributed by atoms with Crippen molar-refractivity contribution < 1.29 is 19.2 Å². The number of nitrogens with zero attached hydrogens (tertiary/aromatic N) is 1. The minimum absolute atomic E-state index is 0.160. The van der Waals surface area contributed by atoms with Crippen molar-refractivity contribution in [1.82, 2.24) is 10.5 Å². The van der Waals surface area contributed by atoms with Crippen molar-refractivity contribution in [3.8, 4) is 11.5 Å². The van der Waals surface area contributed by atoms with E-state index in [1.165, 1.54) is 13.2 Å². The van der Waals surface area contributed by atoms with Crippen LogP contribution in [-0.4, -0.2) is 23.3 Å². The van der Waals surface area contributed by atoms with Gasteiger partial charge in [-0.1, -0.05) is 11.2 Å². The number of nitrogens with one attached hydrogen (secondary N) is 1. The van der Waals surface area contributed by atoms with Gasteiger partial charge >= 0.3 is 0 Å². The van der Waals surface area contributed by atoms with Gasteiger partial charge in [-0.15, -0.1) is 0 Å². The molecule has 1 heterocycles. The van der Waals surface area contributed by atoms with Gasteiger partial charge in [-0.3, -0.25) is 4.79 Å². The second-order valence-corrected chi connectivity index (χ2v) is 4.79. The predicted octanol–water partition coefficient (Wildman–Crippen LogP) is 2.50. The number of aryl methyl sites for hydroxylation is 2. The highest BCUT2D eigenvalue weighted by Crippen LogP contribution is 2.30. The minimum Gasteiger partial charge on any atom is -0.504 e. The van der Waals surface area contributed by atoms with E-state index >= 15 is 0 Å². The van der Waals surface area contributed by atoms with Crippen molar-refractivity contribution in [1.29, 1.82) is 0 Å². The molecule has 0 aliphatic carbocycles. The van der Waals surface area contributed by atoms with Crippen molar-refractivity contribution in [3.63, 3.8) is 0 Å². The largest absolute Gasteiger partial charge is 0.504 e. The number of phenolic OH excluding ortho intramolecular Hbond substituents is 1. The molecule has 1 aromatic heterocycles. The normalized spacial score (nSPS) is 12.0. The fourth-order valence-electron chi connectivity index (χ4n) is 2.33. The van der Waals surface area contributed by atoms with Gasteiger partial charge in [0.15, 0.2) is 11.5 Å². The number of amides is 1. The molecule has 2 N–H and O–H groups in total. The first-order valence-electron chi connectivity index (χ1n) is 6.55. The summed E-state index contributed by atoms with van der Waals surface area (Å²) < 4.78 is 10.1. The minimum atomic E-state index is -0.390. The van der Waals surface area contributed by atoms with Gasteiger partial charge in [0.2, 0.25) is 0 Å². The fourth-order valence-corrected chi connectivity index (χ4v) is 2.33. The van der Waals surface area contributed by atoms with Crippen LogP contribution < -0.4 is 10.1 Å². The predicted molar refractivity (Wildman–Crippen MR) is 76.5 cm³/mol. The molecule has 0 fully saturated rings. The number of methoxy groups -OCH3 is 1. The zero-order valence-corrected chi connectivity index (χ0v) is 12.4. The number of carbonyl (C=O) groups excluding carboxylic acids is 1. The lowest BCUT2D eigenvalue weighted by molar-refractivity contribution is 0.0936. The first kappa shape index (κ1) is 14.9. The van der Waals surface area contributed by atoms with Gasteiger partial charge < -0.3 is 19.7 Å². The third-order valence-electron chi connectivity index (χ3n) is 3.33. The SMILES string of the molecule is COc1cccc(C(=O)NC(C)c2c(C)noc2C)c1O. The molecule has 0 aliphatic heterocycles. The zero-order valence-electron chi connectivity index (χ0n) is 12.4. The summed E-state index contributed by atoms with van der Waals surface area (Å²) in [6, 6.07) is 4.49. The van der Waals surface area contributed by atoms with Gasteiger partial charge in [-0.2, -0.15) is 0 Å². The molecule has 6 nitrogen and oxygen atoms in total. The van der Waals surface area contributed by atoms with E-state index in [0.717, 1.165) is 11.3 Å². The summed E-state index contributed by atoms with van der Waals surface area (Å²) >= 11 is 0. The van der Waals surface area contributed by atoms with Crippen molar-refractivity contribution in [2.45, 2.75) is 26.8 Å². The number of aromatic hydroxyl groups is 1. The molecule has 0 aliphatic rings. The summed E-state index contributed by atoms with van der Waals surface area (Å²) in [6.45, 7) is 5.44. The van der Waals surface area contributed by atoms with Crippen LogP contribution in [0.3, 0.4) is 0 Å². The van der Waals surface area contributed by atoms with E-state index in [0.29, 0.717) is 5.76 Å². The third kappa shape index (κ3) is 2.84. The Bertz CT molecular complexity index is 644. The van der Waals surface area contributed by atoms with E-state index in [2.05, 4.69) is 10.5 Å². The molecule has 0 saturated heterocycles. The maximum Gasteiger partial charge on any atom is 0.255 e. The van der Waals surface area contributed by atoms with Crippen LogP contribution in [0.4, 0.5) is 0 Å². The average molecular weight is 290 g/mol. The summed E-state index contributed by atoms with van der Waals surface area (Å²) in [7, 11) is 1.43. The molecule has 0 bridgehead atoms. The lowest BCUT2D eigenvalue weighted by atomic mass is 10.1. The van der Waals surface area contributed by atoms with Crippen LogP contribution in [-0.2, 0) is 0 Å². The van der Waals surface area contributed by atoms with Gasteiger partial charge in [-0.25, -0.2) is 0 Å². The summed E-state index contributed by atoms with van der Waals surface area (Å²) in [5.41, 5.74) is 1.73. The molecule has 6 heteroatoms. The summed E-state index contributed by atoms with van der Waals surface area (Å²) in [5.74, 6) is 0.352. The third-order valence-corrected chi connectivity index (χ3v) is 3.33. The molecule has 112 valence electrons. The molecule has 0 saturated carbocycles. The number of aromatic nitrogens is 1. The number of carbonyl (C=O) groups is 1. The molecule has 21 heavy (non-hydrogen) atoms. The monoisotopic (exact) mass is 290 g/mol. The van der Waals surface area contributed by atoms with Crippen molar-refractivity contribution in [2.75, 3.05) is 7.11 Å². The van der Waals surface area contributed by atoms with Gasteiger partial charge in [-0.05, 0) is 32.9 Å². The molecule has 2 aromatic rings. The lowest BCUT2D eigenvalue weighted by Gasteiger charge is -2.15. The number of phenols is 1. The Morgan fingerprint density at radius 3 is 2.71 bits per heavy atom. The van der Waals surface area contributed by atoms with Crippen molar-refractivity contribution >= 4 is 5.91 Å². The molecule has 1 unspecified atom stereocenters. The van der Waals surface area contributed by atoms with E-state index in [9.17, 15) is 9.90 Å². The van der Waals surface area contributed by atoms with Gasteiger partial charge in [0.25, 0.3) is 5.91 Å². The van der Waals surface area contributed by atoms with E-state index in [1.807, 2.05) is 13.8 Å². The summed E-state index contributed by atoms with van der Waals surface area (Å²) in [6.07, 6.45) is 0. The van der Waals surface area contributed by atoms with Crippen molar-refractivity contribution in [3.05, 3.63) is 40.8 Å². The Morgan fingerprint density at radius 1 is 1.43 bits per heavy atom. The number of hydrogen-bond donors (Lipinski definition) is 2. The van der Waals surface area contributed by atoms with Gasteiger partial charge in [0.05, 0.1) is 24.4 Å². The molecule has 0 radical (unpaired) electrons. The Morgan fingerprint density at radius 2 is 2.14 bits per heavy atom. The topological polar surface area (TPSA) is 84.6 Å². The number of rotatable bonds is 4. The number of hydrogen-bond acceptors (Lipinski definition) is 5. The summed E-state index contributed by atoms with van der Waals surface area (Å²) in [5, 5.41) is 16.7. The first-order chi connectivity index (χ1) is 9.95. The number of benzene rings is 1. The zero-order chi connectivity index (χ0) is 15.6. The smallest absolute Gasteiger partial charge is 0.255 e. The Kier molecular flexibility index (Phi) is 4.16. The Hall–Kier alpha value is -2.50. The first-order valence-corrected chi connectivity index (χ1v) is 6.55. The lowest BCUT2D eigenvalue weighted by Crippen LogP contribution is -2.27. The van der Waals surface area contributed by atoms with Crippen molar-refractivity contribution in [2.24, 2.45) is 0 Å². The molecular weight excluding hydrogens is 272 g/mol. The highest BCUT2D eigenvalue weighted by atomic mass is 16.5. The van der Waals surface area contributed by atoms with Crippen LogP contribution >= 0.6 is 0 Å². The highest BCUT2D eigenvalue weighted by Gasteiger charge is 2.21. The van der Waals surface area contributed by atoms with E-state index in [4.69, 9.17) is 9.26 Å².